The van der Waals surface area contributed by atoms with Gasteiger partial charge in [-0.3, -0.25) is 0 Å². The van der Waals surface area contributed by atoms with Crippen LogP contribution in [-0.4, -0.2) is 25.9 Å². The molecular weight excluding hydrogens is 241 g/mol. The molecule has 0 radical (unpaired) electrons. The van der Waals surface area contributed by atoms with Crippen molar-refractivity contribution in [2.75, 3.05) is 20.3 Å². The summed E-state index contributed by atoms with van der Waals surface area (Å²) in [5.74, 6) is 0. The first-order chi connectivity index (χ1) is 8.09. The van der Waals surface area contributed by atoms with E-state index in [4.69, 9.17) is 22.1 Å². The molecule has 1 aromatic carbocycles. The third-order valence-electron chi connectivity index (χ3n) is 2.64. The lowest BCUT2D eigenvalue weighted by Crippen LogP contribution is -2.32. The van der Waals surface area contributed by atoms with Gasteiger partial charge < -0.3 is 10.5 Å². The van der Waals surface area contributed by atoms with Crippen LogP contribution in [0.25, 0.3) is 0 Å². The van der Waals surface area contributed by atoms with Crippen LogP contribution in [0.5, 0.6) is 0 Å². The maximum atomic E-state index is 14.6. The lowest BCUT2D eigenvalue weighted by atomic mass is 9.92. The Balaban J connectivity index is 2.71. The molecule has 96 valence electrons. The monoisotopic (exact) mass is 259 g/mol. The zero-order valence-corrected chi connectivity index (χ0v) is 10.8. The van der Waals surface area contributed by atoms with Crippen molar-refractivity contribution in [2.45, 2.75) is 24.9 Å². The van der Waals surface area contributed by atoms with Crippen LogP contribution in [0.2, 0.25) is 5.02 Å². The van der Waals surface area contributed by atoms with Crippen molar-refractivity contribution in [2.24, 2.45) is 5.73 Å². The number of rotatable bonds is 7. The predicted octanol–water partition coefficient (Wildman–Crippen LogP) is 2.98. The number of benzene rings is 1. The zero-order chi connectivity index (χ0) is 12.7. The topological polar surface area (TPSA) is 35.2 Å². The molecule has 0 heterocycles. The summed E-state index contributed by atoms with van der Waals surface area (Å²) < 4.78 is 19.5. The molecule has 0 fully saturated rings. The lowest BCUT2D eigenvalue weighted by molar-refractivity contribution is 0.0334. The lowest BCUT2D eigenvalue weighted by Gasteiger charge is -2.24. The van der Waals surface area contributed by atoms with Crippen LogP contribution < -0.4 is 5.73 Å². The van der Waals surface area contributed by atoms with E-state index in [1.807, 2.05) is 12.1 Å². The van der Waals surface area contributed by atoms with Crippen LogP contribution in [0, 0.1) is 0 Å². The molecule has 0 bridgehead atoms. The summed E-state index contributed by atoms with van der Waals surface area (Å²) in [5.41, 5.74) is 4.94. The van der Waals surface area contributed by atoms with Gasteiger partial charge in [0.05, 0.1) is 6.61 Å². The molecule has 17 heavy (non-hydrogen) atoms. The normalized spacial score (nSPS) is 14.6. The van der Waals surface area contributed by atoms with Crippen LogP contribution in [0.1, 0.15) is 18.4 Å². The molecule has 0 amide bonds. The average Bonchev–Trinajstić information content (AvgIpc) is 2.27. The fourth-order valence-electron chi connectivity index (χ4n) is 1.90. The van der Waals surface area contributed by atoms with E-state index in [-0.39, 0.29) is 6.61 Å². The average molecular weight is 260 g/mol. The Morgan fingerprint density at radius 1 is 1.47 bits per heavy atom. The second-order valence-corrected chi connectivity index (χ2v) is 4.72. The second kappa shape index (κ2) is 6.94. The molecule has 2 nitrogen and oxygen atoms in total. The van der Waals surface area contributed by atoms with Gasteiger partial charge in [0.15, 0.2) is 0 Å². The first-order valence-electron chi connectivity index (χ1n) is 5.72. The van der Waals surface area contributed by atoms with Crippen molar-refractivity contribution in [1.82, 2.24) is 0 Å². The van der Waals surface area contributed by atoms with Crippen molar-refractivity contribution in [1.29, 1.82) is 0 Å². The van der Waals surface area contributed by atoms with Gasteiger partial charge in [0.25, 0.3) is 0 Å². The van der Waals surface area contributed by atoms with Crippen molar-refractivity contribution < 1.29 is 9.13 Å². The molecule has 0 aliphatic rings. The number of halogens is 2. The molecule has 1 unspecified atom stereocenters. The van der Waals surface area contributed by atoms with Gasteiger partial charge in [0, 0.05) is 18.6 Å². The molecular formula is C13H19ClFNO. The Kier molecular flexibility index (Phi) is 5.89. The summed E-state index contributed by atoms with van der Waals surface area (Å²) in [4.78, 5) is 0. The van der Waals surface area contributed by atoms with Crippen LogP contribution in [0.3, 0.4) is 0 Å². The summed E-state index contributed by atoms with van der Waals surface area (Å²) in [5, 5.41) is 0.626. The molecule has 0 spiro atoms. The van der Waals surface area contributed by atoms with Crippen molar-refractivity contribution >= 4 is 11.6 Å². The highest BCUT2D eigenvalue weighted by Crippen LogP contribution is 2.25. The van der Waals surface area contributed by atoms with E-state index in [2.05, 4.69) is 0 Å². The molecule has 1 rings (SSSR count). The molecule has 0 aromatic heterocycles. The highest BCUT2D eigenvalue weighted by Gasteiger charge is 2.29. The Morgan fingerprint density at radius 2 is 2.24 bits per heavy atom. The quantitative estimate of drug-likeness (QED) is 0.817. The largest absolute Gasteiger partial charge is 0.381 e. The summed E-state index contributed by atoms with van der Waals surface area (Å²) in [6.07, 6.45) is 1.37. The van der Waals surface area contributed by atoms with Gasteiger partial charge >= 0.3 is 0 Å². The first-order valence-corrected chi connectivity index (χ1v) is 6.10. The minimum absolute atomic E-state index is 0.0829. The van der Waals surface area contributed by atoms with Gasteiger partial charge in [-0.15, -0.1) is 0 Å². The first kappa shape index (κ1) is 14.4. The minimum atomic E-state index is -1.36. The minimum Gasteiger partial charge on any atom is -0.381 e. The molecule has 0 saturated heterocycles. The molecule has 2 N–H and O–H groups in total. The second-order valence-electron chi connectivity index (χ2n) is 4.28. The van der Waals surface area contributed by atoms with E-state index >= 15 is 0 Å². The van der Waals surface area contributed by atoms with Crippen molar-refractivity contribution in [3.05, 3.63) is 34.9 Å². The SMILES string of the molecule is COCC(F)(CCCN)Cc1cccc(Cl)c1. The van der Waals surface area contributed by atoms with Crippen LogP contribution in [0.15, 0.2) is 24.3 Å². The van der Waals surface area contributed by atoms with E-state index in [1.54, 1.807) is 12.1 Å². The molecule has 0 saturated carbocycles. The van der Waals surface area contributed by atoms with Gasteiger partial charge in [0.1, 0.15) is 5.67 Å². The molecule has 0 aliphatic carbocycles. The molecule has 4 heteroatoms. The zero-order valence-electron chi connectivity index (χ0n) is 10.1. The van der Waals surface area contributed by atoms with Crippen LogP contribution in [-0.2, 0) is 11.2 Å². The van der Waals surface area contributed by atoms with Crippen LogP contribution in [0.4, 0.5) is 4.39 Å². The Hall–Kier alpha value is -0.640. The summed E-state index contributed by atoms with van der Waals surface area (Å²) >= 11 is 5.88. The Labute approximate surface area is 107 Å². The van der Waals surface area contributed by atoms with E-state index in [0.717, 1.165) is 5.56 Å². The van der Waals surface area contributed by atoms with Gasteiger partial charge in [-0.25, -0.2) is 4.39 Å². The summed E-state index contributed by atoms with van der Waals surface area (Å²) in [7, 11) is 1.51. The number of methoxy groups -OCH3 is 1. The third kappa shape index (κ3) is 5.02. The highest BCUT2D eigenvalue weighted by atomic mass is 35.5. The van der Waals surface area contributed by atoms with E-state index in [0.29, 0.717) is 30.8 Å². The Morgan fingerprint density at radius 3 is 2.82 bits per heavy atom. The number of hydrogen-bond acceptors (Lipinski definition) is 2. The maximum absolute atomic E-state index is 14.6. The third-order valence-corrected chi connectivity index (χ3v) is 2.88. The summed E-state index contributed by atoms with van der Waals surface area (Å²) in [6.45, 7) is 0.574. The van der Waals surface area contributed by atoms with Gasteiger partial charge in [0.2, 0.25) is 0 Å². The van der Waals surface area contributed by atoms with Crippen molar-refractivity contribution in [3.63, 3.8) is 0 Å². The number of hydrogen-bond donors (Lipinski definition) is 1. The fourth-order valence-corrected chi connectivity index (χ4v) is 2.11. The number of ether oxygens (including phenoxy) is 1. The standard InChI is InChI=1S/C13H19ClFNO/c1-17-10-13(15,6-3-7-16)9-11-4-2-5-12(14)8-11/h2,4-5,8H,3,6-7,9-10,16H2,1H3. The maximum Gasteiger partial charge on any atom is 0.138 e. The number of alkyl halides is 1. The fraction of sp³-hybridized carbons (Fsp3) is 0.538. The van der Waals surface area contributed by atoms with Gasteiger partial charge in [-0.05, 0) is 37.1 Å². The van der Waals surface area contributed by atoms with Crippen LogP contribution >= 0.6 is 11.6 Å². The highest BCUT2D eigenvalue weighted by molar-refractivity contribution is 6.30. The molecule has 0 aliphatic heterocycles. The summed E-state index contributed by atoms with van der Waals surface area (Å²) in [6, 6.07) is 7.27. The van der Waals surface area contributed by atoms with Gasteiger partial charge in [-0.2, -0.15) is 0 Å². The molecule has 1 aromatic rings. The van der Waals surface area contributed by atoms with E-state index in [9.17, 15) is 4.39 Å². The molecule has 1 atom stereocenters. The predicted molar refractivity (Wildman–Crippen MR) is 69.2 cm³/mol. The smallest absolute Gasteiger partial charge is 0.138 e. The number of nitrogens with two attached hydrogens (primary N) is 1. The van der Waals surface area contributed by atoms with E-state index in [1.165, 1.54) is 7.11 Å². The van der Waals surface area contributed by atoms with E-state index < -0.39 is 5.67 Å². The van der Waals surface area contributed by atoms with Crippen molar-refractivity contribution in [3.8, 4) is 0 Å². The Bertz CT molecular complexity index is 348. The van der Waals surface area contributed by atoms with Gasteiger partial charge in [-0.1, -0.05) is 23.7 Å².